The quantitative estimate of drug-likeness (QED) is 0.558. The first-order chi connectivity index (χ1) is 3.79. The number of nitrogens with zero attached hydrogens (tertiary/aromatic N) is 2. The van der Waals surface area contributed by atoms with Gasteiger partial charge in [-0.1, -0.05) is 23.2 Å². The molecule has 0 bridgehead atoms. The predicted octanol–water partition coefficient (Wildman–Crippen LogP) is 1.58. The third kappa shape index (κ3) is 1.32. The molecule has 4 heteroatoms. The summed E-state index contributed by atoms with van der Waals surface area (Å²) < 4.78 is 0. The van der Waals surface area contributed by atoms with E-state index in [1.165, 1.54) is 6.20 Å². The van der Waals surface area contributed by atoms with Crippen LogP contribution in [-0.4, -0.2) is 9.97 Å². The molecule has 0 aliphatic carbocycles. The van der Waals surface area contributed by atoms with Crippen molar-refractivity contribution in [3.63, 3.8) is 0 Å². The first kappa shape index (κ1) is 5.79. The smallest absolute Gasteiger partial charge is 0.157 e. The second-order valence-electron chi connectivity index (χ2n) is 1.10. The molecule has 0 aromatic carbocycles. The lowest BCUT2D eigenvalue weighted by atomic mass is 10.8. The van der Waals surface area contributed by atoms with Gasteiger partial charge in [0.15, 0.2) is 5.15 Å². The normalized spacial score (nSPS) is 9.25. The Morgan fingerprint density at radius 2 is 2.25 bits per heavy atom. The zero-order valence-electron chi connectivity index (χ0n) is 3.73. The lowest BCUT2D eigenvalue weighted by Crippen LogP contribution is -1.77. The molecule has 0 aliphatic rings. The van der Waals surface area contributed by atoms with E-state index < -0.39 is 0 Å². The Bertz CT molecular complexity index is 151. The van der Waals surface area contributed by atoms with Crippen LogP contribution in [-0.2, 0) is 0 Å². The Kier molecular flexibility index (Phi) is 1.65. The number of aromatic nitrogens is 2. The molecule has 41 valence electrons. The molecule has 1 rings (SSSR count). The van der Waals surface area contributed by atoms with Crippen LogP contribution in [0.1, 0.15) is 0 Å². The number of halogens is 2. The molecule has 8 heavy (non-hydrogen) atoms. The Balaban J connectivity index is 3.03. The molecule has 1 aromatic rings. The minimum atomic E-state index is 0.231. The lowest BCUT2D eigenvalue weighted by molar-refractivity contribution is 1.19. The molecule has 0 N–H and O–H groups in total. The van der Waals surface area contributed by atoms with Gasteiger partial charge in [-0.15, -0.1) is 0 Å². The van der Waals surface area contributed by atoms with Crippen molar-refractivity contribution in [1.82, 2.24) is 9.97 Å². The maximum Gasteiger partial charge on any atom is 0.157 e. The van der Waals surface area contributed by atoms with Gasteiger partial charge in [-0.25, -0.2) is 9.97 Å². The third-order valence-corrected chi connectivity index (χ3v) is 0.904. The summed E-state index contributed by atoms with van der Waals surface area (Å²) in [4.78, 5) is 7.12. The van der Waals surface area contributed by atoms with Crippen LogP contribution in [0.5, 0.6) is 0 Å². The van der Waals surface area contributed by atoms with Crippen molar-refractivity contribution in [2.75, 3.05) is 0 Å². The zero-order chi connectivity index (χ0) is 5.98. The highest BCUT2D eigenvalue weighted by Gasteiger charge is 1.87. The number of hydrogen-bond donors (Lipinski definition) is 0. The van der Waals surface area contributed by atoms with Gasteiger partial charge in [0.1, 0.15) is 11.3 Å². The van der Waals surface area contributed by atoms with E-state index in [9.17, 15) is 0 Å². The lowest BCUT2D eigenvalue weighted by Gasteiger charge is -1.83. The Morgan fingerprint density at radius 3 is 2.62 bits per heavy atom. The molecule has 0 unspecified atom stereocenters. The van der Waals surface area contributed by atoms with E-state index in [1.807, 2.05) is 0 Å². The average molecular weight is 148 g/mol. The molecule has 0 aliphatic heterocycles. The molecule has 0 fully saturated rings. The number of hydrogen-bond acceptors (Lipinski definition) is 2. The van der Waals surface area contributed by atoms with Crippen molar-refractivity contribution < 1.29 is 0 Å². The maximum absolute atomic E-state index is 5.35. The fraction of sp³-hybridized carbons (Fsp3) is 0. The van der Waals surface area contributed by atoms with Gasteiger partial charge < -0.3 is 0 Å². The highest BCUT2D eigenvalue weighted by atomic mass is 35.5. The second-order valence-corrected chi connectivity index (χ2v) is 1.84. The molecule has 0 saturated carbocycles. The van der Waals surface area contributed by atoms with Gasteiger partial charge >= 0.3 is 0 Å². The van der Waals surface area contributed by atoms with Gasteiger partial charge in [-0.3, -0.25) is 0 Å². The highest BCUT2D eigenvalue weighted by Crippen LogP contribution is 2.03. The Labute approximate surface area is 56.5 Å². The average Bonchev–Trinajstić information content (AvgIpc) is 1.77. The standard InChI is InChI=1S/C4HCl2N2/c5-3-1-7-4(6)2-8-3/h1H. The summed E-state index contributed by atoms with van der Waals surface area (Å²) in [6.07, 6.45) is 3.73. The monoisotopic (exact) mass is 147 g/mol. The molecule has 0 amide bonds. The van der Waals surface area contributed by atoms with Gasteiger partial charge in [-0.05, 0) is 0 Å². The van der Waals surface area contributed by atoms with Crippen molar-refractivity contribution >= 4 is 23.2 Å². The first-order valence-electron chi connectivity index (χ1n) is 1.85. The zero-order valence-corrected chi connectivity index (χ0v) is 5.24. The molecule has 1 aromatic heterocycles. The van der Waals surface area contributed by atoms with E-state index in [1.54, 1.807) is 0 Å². The fourth-order valence-electron chi connectivity index (χ4n) is 0.267. The SMILES string of the molecule is Clc1[c]nc(Cl)cn1. The molecule has 2 nitrogen and oxygen atoms in total. The van der Waals surface area contributed by atoms with Crippen molar-refractivity contribution in [3.8, 4) is 0 Å². The minimum Gasteiger partial charge on any atom is -0.239 e. The Morgan fingerprint density at radius 1 is 1.50 bits per heavy atom. The van der Waals surface area contributed by atoms with E-state index in [0.29, 0.717) is 5.15 Å². The van der Waals surface area contributed by atoms with Gasteiger partial charge in [-0.2, -0.15) is 0 Å². The van der Waals surface area contributed by atoms with Crippen LogP contribution in [0.25, 0.3) is 0 Å². The van der Waals surface area contributed by atoms with Gasteiger partial charge in [0.25, 0.3) is 0 Å². The largest absolute Gasteiger partial charge is 0.239 e. The van der Waals surface area contributed by atoms with Crippen LogP contribution >= 0.6 is 23.2 Å². The van der Waals surface area contributed by atoms with Crippen LogP contribution in [0.15, 0.2) is 6.20 Å². The summed E-state index contributed by atoms with van der Waals surface area (Å²) in [6, 6.07) is 0. The van der Waals surface area contributed by atoms with Crippen LogP contribution in [0.3, 0.4) is 0 Å². The summed E-state index contributed by atoms with van der Waals surface area (Å²) in [5.74, 6) is 0. The van der Waals surface area contributed by atoms with Gasteiger partial charge in [0.05, 0.1) is 6.20 Å². The highest BCUT2D eigenvalue weighted by molar-refractivity contribution is 6.30. The van der Waals surface area contributed by atoms with Crippen LogP contribution < -0.4 is 0 Å². The van der Waals surface area contributed by atoms with Crippen LogP contribution in [0.4, 0.5) is 0 Å². The van der Waals surface area contributed by atoms with E-state index in [-0.39, 0.29) is 5.15 Å². The van der Waals surface area contributed by atoms with Crippen molar-refractivity contribution in [2.45, 2.75) is 0 Å². The van der Waals surface area contributed by atoms with Crippen LogP contribution in [0, 0.1) is 6.20 Å². The van der Waals surface area contributed by atoms with Gasteiger partial charge in [0.2, 0.25) is 0 Å². The van der Waals surface area contributed by atoms with E-state index in [4.69, 9.17) is 23.2 Å². The molecule has 0 atom stereocenters. The molecular formula is C4HCl2N2. The molecule has 0 saturated heterocycles. The first-order valence-corrected chi connectivity index (χ1v) is 2.60. The Hall–Kier alpha value is -0.340. The number of rotatable bonds is 0. The molecule has 1 heterocycles. The van der Waals surface area contributed by atoms with Crippen molar-refractivity contribution in [2.24, 2.45) is 0 Å². The van der Waals surface area contributed by atoms with Crippen LogP contribution in [0.2, 0.25) is 10.3 Å². The summed E-state index contributed by atoms with van der Waals surface area (Å²) in [5, 5.41) is 0.531. The third-order valence-electron chi connectivity index (χ3n) is 0.539. The van der Waals surface area contributed by atoms with E-state index in [2.05, 4.69) is 16.2 Å². The second kappa shape index (κ2) is 2.29. The fourth-order valence-corrected chi connectivity index (χ4v) is 0.449. The summed E-state index contributed by atoms with van der Waals surface area (Å²) >= 11 is 10.7. The summed E-state index contributed by atoms with van der Waals surface area (Å²) in [7, 11) is 0. The minimum absolute atomic E-state index is 0.231. The molecule has 0 spiro atoms. The predicted molar refractivity (Wildman–Crippen MR) is 30.9 cm³/mol. The van der Waals surface area contributed by atoms with Crippen molar-refractivity contribution in [3.05, 3.63) is 22.7 Å². The van der Waals surface area contributed by atoms with Crippen molar-refractivity contribution in [1.29, 1.82) is 0 Å². The molecular weight excluding hydrogens is 147 g/mol. The van der Waals surface area contributed by atoms with Gasteiger partial charge in [0, 0.05) is 0 Å². The summed E-state index contributed by atoms with van der Waals surface area (Å²) in [5.41, 5.74) is 0. The molecule has 1 radical (unpaired) electrons. The maximum atomic E-state index is 5.35. The summed E-state index contributed by atoms with van der Waals surface area (Å²) in [6.45, 7) is 0. The van der Waals surface area contributed by atoms with E-state index in [0.717, 1.165) is 0 Å². The topological polar surface area (TPSA) is 25.8 Å². The van der Waals surface area contributed by atoms with E-state index >= 15 is 0 Å².